The molecule has 0 spiro atoms. The predicted molar refractivity (Wildman–Crippen MR) is 49.6 cm³/mol. The minimum absolute atomic E-state index is 0.162. The zero-order valence-corrected chi connectivity index (χ0v) is 7.67. The van der Waals surface area contributed by atoms with E-state index >= 15 is 0 Å². The summed E-state index contributed by atoms with van der Waals surface area (Å²) in [6.07, 6.45) is 2.66. The number of aromatic nitrogens is 1. The second-order valence-corrected chi connectivity index (χ2v) is 2.93. The Morgan fingerprint density at radius 1 is 1.67 bits per heavy atom. The van der Waals surface area contributed by atoms with E-state index in [1.807, 2.05) is 6.07 Å². The fraction of sp³-hybridized carbons (Fsp3) is 0.375. The number of nitrogens with zero attached hydrogens (tertiary/aromatic N) is 1. The standard InChI is InChI=1S/C8H12ClN3/c1-2-7(12-10)6-3-4-8(9)11-5-6/h3-5,7,12H,2,10H2,1H3. The second-order valence-electron chi connectivity index (χ2n) is 2.54. The fourth-order valence-electron chi connectivity index (χ4n) is 1.04. The average molecular weight is 186 g/mol. The number of hydrogen-bond acceptors (Lipinski definition) is 3. The maximum Gasteiger partial charge on any atom is 0.129 e. The summed E-state index contributed by atoms with van der Waals surface area (Å²) < 4.78 is 0. The summed E-state index contributed by atoms with van der Waals surface area (Å²) in [6, 6.07) is 3.84. The molecule has 0 saturated heterocycles. The predicted octanol–water partition coefficient (Wildman–Crippen LogP) is 1.65. The van der Waals surface area contributed by atoms with Gasteiger partial charge in [0, 0.05) is 12.2 Å². The van der Waals surface area contributed by atoms with Gasteiger partial charge in [0.25, 0.3) is 0 Å². The van der Waals surface area contributed by atoms with Crippen LogP contribution >= 0.6 is 11.6 Å². The quantitative estimate of drug-likeness (QED) is 0.428. The minimum atomic E-state index is 0.162. The van der Waals surface area contributed by atoms with E-state index in [0.717, 1.165) is 12.0 Å². The second kappa shape index (κ2) is 4.40. The fourth-order valence-corrected chi connectivity index (χ4v) is 1.15. The van der Waals surface area contributed by atoms with E-state index in [0.29, 0.717) is 5.15 Å². The molecule has 0 bridgehead atoms. The maximum absolute atomic E-state index is 5.64. The third-order valence-corrected chi connectivity index (χ3v) is 1.99. The molecule has 12 heavy (non-hydrogen) atoms. The van der Waals surface area contributed by atoms with E-state index in [1.165, 1.54) is 0 Å². The molecule has 1 aromatic rings. The maximum atomic E-state index is 5.64. The van der Waals surface area contributed by atoms with E-state index in [1.54, 1.807) is 12.3 Å². The Morgan fingerprint density at radius 3 is 2.83 bits per heavy atom. The first-order valence-electron chi connectivity index (χ1n) is 3.85. The van der Waals surface area contributed by atoms with Crippen LogP contribution in [0.15, 0.2) is 18.3 Å². The van der Waals surface area contributed by atoms with Gasteiger partial charge in [-0.2, -0.15) is 0 Å². The summed E-state index contributed by atoms with van der Waals surface area (Å²) >= 11 is 5.64. The highest BCUT2D eigenvalue weighted by Gasteiger charge is 2.05. The van der Waals surface area contributed by atoms with E-state index in [2.05, 4.69) is 17.3 Å². The molecule has 0 aliphatic rings. The molecule has 0 aromatic carbocycles. The third kappa shape index (κ3) is 2.17. The third-order valence-electron chi connectivity index (χ3n) is 1.76. The van der Waals surface area contributed by atoms with Crippen LogP contribution < -0.4 is 11.3 Å². The molecule has 1 aromatic heterocycles. The molecule has 0 fully saturated rings. The normalized spacial score (nSPS) is 12.9. The zero-order chi connectivity index (χ0) is 8.97. The summed E-state index contributed by atoms with van der Waals surface area (Å²) in [5.74, 6) is 5.34. The number of nitrogens with one attached hydrogen (secondary N) is 1. The molecule has 66 valence electrons. The van der Waals surface area contributed by atoms with Crippen molar-refractivity contribution in [3.8, 4) is 0 Å². The van der Waals surface area contributed by atoms with Crippen LogP contribution in [0.2, 0.25) is 5.15 Å². The SMILES string of the molecule is CCC(NN)c1ccc(Cl)nc1. The van der Waals surface area contributed by atoms with Crippen molar-refractivity contribution in [2.75, 3.05) is 0 Å². The van der Waals surface area contributed by atoms with Gasteiger partial charge in [0.15, 0.2) is 0 Å². The topological polar surface area (TPSA) is 50.9 Å². The first-order chi connectivity index (χ1) is 5.77. The first-order valence-corrected chi connectivity index (χ1v) is 4.23. The van der Waals surface area contributed by atoms with Gasteiger partial charge >= 0.3 is 0 Å². The Morgan fingerprint density at radius 2 is 2.42 bits per heavy atom. The molecule has 1 rings (SSSR count). The monoisotopic (exact) mass is 185 g/mol. The Labute approximate surface area is 76.9 Å². The Bertz CT molecular complexity index is 231. The average Bonchev–Trinajstić information content (AvgIpc) is 2.10. The van der Waals surface area contributed by atoms with Gasteiger partial charge in [-0.1, -0.05) is 24.6 Å². The lowest BCUT2D eigenvalue weighted by atomic mass is 10.1. The van der Waals surface area contributed by atoms with Gasteiger partial charge in [0.05, 0.1) is 0 Å². The summed E-state index contributed by atoms with van der Waals surface area (Å²) in [5, 5.41) is 0.505. The molecule has 1 atom stereocenters. The summed E-state index contributed by atoms with van der Waals surface area (Å²) in [7, 11) is 0. The van der Waals surface area contributed by atoms with Crippen molar-refractivity contribution in [1.29, 1.82) is 0 Å². The molecule has 3 N–H and O–H groups in total. The Balaban J connectivity index is 2.80. The van der Waals surface area contributed by atoms with Crippen molar-refractivity contribution < 1.29 is 0 Å². The molecule has 3 nitrogen and oxygen atoms in total. The van der Waals surface area contributed by atoms with Crippen LogP contribution in [0.3, 0.4) is 0 Å². The van der Waals surface area contributed by atoms with E-state index in [4.69, 9.17) is 17.4 Å². The van der Waals surface area contributed by atoms with Crippen LogP contribution in [-0.2, 0) is 0 Å². The molecule has 0 amide bonds. The summed E-state index contributed by atoms with van der Waals surface area (Å²) in [6.45, 7) is 2.05. The first kappa shape index (κ1) is 9.45. The van der Waals surface area contributed by atoms with E-state index < -0.39 is 0 Å². The molecule has 4 heteroatoms. The van der Waals surface area contributed by atoms with Crippen LogP contribution in [0.25, 0.3) is 0 Å². The smallest absolute Gasteiger partial charge is 0.129 e. The highest BCUT2D eigenvalue weighted by atomic mass is 35.5. The van der Waals surface area contributed by atoms with Crippen molar-refractivity contribution in [2.24, 2.45) is 5.84 Å². The van der Waals surface area contributed by atoms with Crippen LogP contribution in [0, 0.1) is 0 Å². The van der Waals surface area contributed by atoms with Gasteiger partial charge in [-0.05, 0) is 18.1 Å². The van der Waals surface area contributed by atoms with Crippen molar-refractivity contribution in [3.63, 3.8) is 0 Å². The lowest BCUT2D eigenvalue weighted by molar-refractivity contribution is 0.537. The number of nitrogens with two attached hydrogens (primary N) is 1. The van der Waals surface area contributed by atoms with Gasteiger partial charge in [-0.15, -0.1) is 0 Å². The number of hydrazine groups is 1. The molecular formula is C8H12ClN3. The number of hydrogen-bond donors (Lipinski definition) is 2. The number of rotatable bonds is 3. The molecule has 0 radical (unpaired) electrons. The van der Waals surface area contributed by atoms with Crippen LogP contribution in [0.1, 0.15) is 24.9 Å². The van der Waals surface area contributed by atoms with E-state index in [-0.39, 0.29) is 6.04 Å². The molecule has 0 aliphatic carbocycles. The lowest BCUT2D eigenvalue weighted by Gasteiger charge is -2.12. The zero-order valence-electron chi connectivity index (χ0n) is 6.92. The molecule has 1 unspecified atom stereocenters. The molecule has 0 aliphatic heterocycles. The van der Waals surface area contributed by atoms with Crippen LogP contribution in [0.5, 0.6) is 0 Å². The van der Waals surface area contributed by atoms with Crippen LogP contribution in [-0.4, -0.2) is 4.98 Å². The van der Waals surface area contributed by atoms with Gasteiger partial charge < -0.3 is 0 Å². The minimum Gasteiger partial charge on any atom is -0.271 e. The van der Waals surface area contributed by atoms with Crippen molar-refractivity contribution in [2.45, 2.75) is 19.4 Å². The summed E-state index contributed by atoms with van der Waals surface area (Å²) in [4.78, 5) is 3.97. The van der Waals surface area contributed by atoms with Crippen molar-refractivity contribution in [3.05, 3.63) is 29.0 Å². The molecule has 0 saturated carbocycles. The lowest BCUT2D eigenvalue weighted by Crippen LogP contribution is -2.27. The van der Waals surface area contributed by atoms with E-state index in [9.17, 15) is 0 Å². The highest BCUT2D eigenvalue weighted by Crippen LogP contribution is 2.15. The number of halogens is 1. The molecular weight excluding hydrogens is 174 g/mol. The highest BCUT2D eigenvalue weighted by molar-refractivity contribution is 6.29. The largest absolute Gasteiger partial charge is 0.271 e. The summed E-state index contributed by atoms with van der Waals surface area (Å²) in [5.41, 5.74) is 3.76. The van der Waals surface area contributed by atoms with Gasteiger partial charge in [0.1, 0.15) is 5.15 Å². The van der Waals surface area contributed by atoms with Crippen molar-refractivity contribution in [1.82, 2.24) is 10.4 Å². The van der Waals surface area contributed by atoms with Gasteiger partial charge in [-0.25, -0.2) is 4.98 Å². The van der Waals surface area contributed by atoms with Gasteiger partial charge in [-0.3, -0.25) is 11.3 Å². The number of pyridine rings is 1. The van der Waals surface area contributed by atoms with Gasteiger partial charge in [0.2, 0.25) is 0 Å². The van der Waals surface area contributed by atoms with Crippen LogP contribution in [0.4, 0.5) is 0 Å². The molecule has 1 heterocycles. The Hall–Kier alpha value is -0.640. The van der Waals surface area contributed by atoms with Crippen molar-refractivity contribution >= 4 is 11.6 Å². The Kier molecular flexibility index (Phi) is 3.47.